The second-order valence-corrected chi connectivity index (χ2v) is 5.62. The summed E-state index contributed by atoms with van der Waals surface area (Å²) in [5, 5.41) is 7.18. The lowest BCUT2D eigenvalue weighted by molar-refractivity contribution is 0.102. The van der Waals surface area contributed by atoms with E-state index in [0.29, 0.717) is 12.1 Å². The van der Waals surface area contributed by atoms with Gasteiger partial charge in [-0.3, -0.25) is 9.48 Å². The SMILES string of the molecule is Cc1cccc(C)c1NC(=O)c1ccc(Cn2cccn2)cc1. The molecule has 0 radical (unpaired) electrons. The summed E-state index contributed by atoms with van der Waals surface area (Å²) in [4.78, 5) is 12.4. The van der Waals surface area contributed by atoms with Crippen molar-refractivity contribution >= 4 is 11.6 Å². The van der Waals surface area contributed by atoms with Crippen LogP contribution >= 0.6 is 0 Å². The van der Waals surface area contributed by atoms with Crippen molar-refractivity contribution in [3.8, 4) is 0 Å². The van der Waals surface area contributed by atoms with E-state index in [1.165, 1.54) is 0 Å². The van der Waals surface area contributed by atoms with Crippen molar-refractivity contribution in [2.45, 2.75) is 20.4 Å². The number of hydrogen-bond donors (Lipinski definition) is 1. The fourth-order valence-corrected chi connectivity index (χ4v) is 2.54. The second-order valence-electron chi connectivity index (χ2n) is 5.62. The number of amides is 1. The van der Waals surface area contributed by atoms with Crippen molar-refractivity contribution in [1.82, 2.24) is 9.78 Å². The van der Waals surface area contributed by atoms with Crippen LogP contribution in [0.5, 0.6) is 0 Å². The van der Waals surface area contributed by atoms with Gasteiger partial charge in [0.25, 0.3) is 5.91 Å². The predicted molar refractivity (Wildman–Crippen MR) is 91.6 cm³/mol. The molecule has 4 nitrogen and oxygen atoms in total. The number of anilines is 1. The van der Waals surface area contributed by atoms with E-state index >= 15 is 0 Å². The highest BCUT2D eigenvalue weighted by Gasteiger charge is 2.09. The van der Waals surface area contributed by atoms with Crippen molar-refractivity contribution in [2.75, 3.05) is 5.32 Å². The lowest BCUT2D eigenvalue weighted by Crippen LogP contribution is -2.14. The van der Waals surface area contributed by atoms with E-state index in [2.05, 4.69) is 10.4 Å². The minimum absolute atomic E-state index is 0.0898. The molecule has 0 aliphatic heterocycles. The highest BCUT2D eigenvalue weighted by molar-refractivity contribution is 6.05. The molecule has 1 N–H and O–H groups in total. The zero-order valence-corrected chi connectivity index (χ0v) is 13.3. The van der Waals surface area contributed by atoms with Crippen LogP contribution in [-0.2, 0) is 6.54 Å². The standard InChI is InChI=1S/C19H19N3O/c1-14-5-3-6-15(2)18(14)21-19(23)17-9-7-16(8-10-17)13-22-12-4-11-20-22/h3-12H,13H2,1-2H3,(H,21,23). The Kier molecular flexibility index (Phi) is 4.24. The average molecular weight is 305 g/mol. The maximum atomic E-state index is 12.4. The van der Waals surface area contributed by atoms with Gasteiger partial charge in [0.2, 0.25) is 0 Å². The number of aryl methyl sites for hydroxylation is 2. The van der Waals surface area contributed by atoms with Gasteiger partial charge in [-0.05, 0) is 48.7 Å². The summed E-state index contributed by atoms with van der Waals surface area (Å²) >= 11 is 0. The average Bonchev–Trinajstić information content (AvgIpc) is 3.04. The van der Waals surface area contributed by atoms with Crippen LogP contribution in [0.4, 0.5) is 5.69 Å². The zero-order chi connectivity index (χ0) is 16.2. The molecule has 1 heterocycles. The molecule has 0 aliphatic carbocycles. The number of rotatable bonds is 4. The topological polar surface area (TPSA) is 46.9 Å². The quantitative estimate of drug-likeness (QED) is 0.797. The summed E-state index contributed by atoms with van der Waals surface area (Å²) < 4.78 is 1.85. The zero-order valence-electron chi connectivity index (χ0n) is 13.3. The number of carbonyl (C=O) groups is 1. The third kappa shape index (κ3) is 3.48. The number of nitrogens with one attached hydrogen (secondary N) is 1. The molecule has 1 aromatic heterocycles. The lowest BCUT2D eigenvalue weighted by Gasteiger charge is -2.11. The van der Waals surface area contributed by atoms with Crippen LogP contribution in [0, 0.1) is 13.8 Å². The van der Waals surface area contributed by atoms with E-state index < -0.39 is 0 Å². The highest BCUT2D eigenvalue weighted by Crippen LogP contribution is 2.20. The van der Waals surface area contributed by atoms with Crippen LogP contribution in [0.25, 0.3) is 0 Å². The van der Waals surface area contributed by atoms with Gasteiger partial charge in [0.1, 0.15) is 0 Å². The molecule has 0 atom stereocenters. The minimum Gasteiger partial charge on any atom is -0.322 e. The van der Waals surface area contributed by atoms with Gasteiger partial charge in [-0.25, -0.2) is 0 Å². The largest absolute Gasteiger partial charge is 0.322 e. The molecule has 23 heavy (non-hydrogen) atoms. The second kappa shape index (κ2) is 6.48. The first-order valence-corrected chi connectivity index (χ1v) is 7.57. The van der Waals surface area contributed by atoms with Crippen LogP contribution in [0.2, 0.25) is 0 Å². The smallest absolute Gasteiger partial charge is 0.255 e. The summed E-state index contributed by atoms with van der Waals surface area (Å²) in [6, 6.07) is 15.5. The molecule has 1 amide bonds. The van der Waals surface area contributed by atoms with Gasteiger partial charge in [-0.15, -0.1) is 0 Å². The summed E-state index contributed by atoms with van der Waals surface area (Å²) in [7, 11) is 0. The maximum absolute atomic E-state index is 12.4. The number of hydrogen-bond acceptors (Lipinski definition) is 2. The van der Waals surface area contributed by atoms with Crippen LogP contribution < -0.4 is 5.32 Å². The first kappa shape index (κ1) is 15.0. The van der Waals surface area contributed by atoms with Gasteiger partial charge < -0.3 is 5.32 Å². The normalized spacial score (nSPS) is 10.5. The molecule has 0 unspecified atom stereocenters. The van der Waals surface area contributed by atoms with Gasteiger partial charge in [0, 0.05) is 23.6 Å². The summed E-state index contributed by atoms with van der Waals surface area (Å²) in [5.41, 5.74) is 4.77. The van der Waals surface area contributed by atoms with Gasteiger partial charge in [-0.2, -0.15) is 5.10 Å². The maximum Gasteiger partial charge on any atom is 0.255 e. The number of benzene rings is 2. The molecule has 0 aliphatic rings. The number of carbonyl (C=O) groups excluding carboxylic acids is 1. The molecular weight excluding hydrogens is 286 g/mol. The Balaban J connectivity index is 1.73. The predicted octanol–water partition coefficient (Wildman–Crippen LogP) is 3.80. The Hall–Kier alpha value is -2.88. The number of nitrogens with zero attached hydrogens (tertiary/aromatic N) is 2. The molecular formula is C19H19N3O. The van der Waals surface area contributed by atoms with Crippen molar-refractivity contribution in [1.29, 1.82) is 0 Å². The van der Waals surface area contributed by atoms with E-state index in [1.54, 1.807) is 6.20 Å². The highest BCUT2D eigenvalue weighted by atomic mass is 16.1. The van der Waals surface area contributed by atoms with E-state index in [9.17, 15) is 4.79 Å². The van der Waals surface area contributed by atoms with E-state index in [1.807, 2.05) is 73.3 Å². The van der Waals surface area contributed by atoms with Gasteiger partial charge in [-0.1, -0.05) is 30.3 Å². The van der Waals surface area contributed by atoms with E-state index in [-0.39, 0.29) is 5.91 Å². The molecule has 4 heteroatoms. The van der Waals surface area contributed by atoms with Crippen LogP contribution in [-0.4, -0.2) is 15.7 Å². The van der Waals surface area contributed by atoms with E-state index in [0.717, 1.165) is 22.4 Å². The van der Waals surface area contributed by atoms with Crippen molar-refractivity contribution in [3.63, 3.8) is 0 Å². The molecule has 3 rings (SSSR count). The van der Waals surface area contributed by atoms with Gasteiger partial charge >= 0.3 is 0 Å². The number of para-hydroxylation sites is 1. The fourth-order valence-electron chi connectivity index (χ4n) is 2.54. The molecule has 2 aromatic carbocycles. The molecule has 0 spiro atoms. The molecule has 0 bridgehead atoms. The van der Waals surface area contributed by atoms with Gasteiger partial charge in [0.05, 0.1) is 6.54 Å². The Bertz CT molecular complexity index is 785. The Labute approximate surface area is 135 Å². The fraction of sp³-hybridized carbons (Fsp3) is 0.158. The third-order valence-corrected chi connectivity index (χ3v) is 3.84. The first-order valence-electron chi connectivity index (χ1n) is 7.57. The van der Waals surface area contributed by atoms with Crippen molar-refractivity contribution in [3.05, 3.63) is 83.2 Å². The first-order chi connectivity index (χ1) is 11.1. The van der Waals surface area contributed by atoms with Crippen LogP contribution in [0.15, 0.2) is 60.9 Å². The Morgan fingerprint density at radius 3 is 2.35 bits per heavy atom. The molecule has 0 saturated carbocycles. The Morgan fingerprint density at radius 2 is 1.74 bits per heavy atom. The lowest BCUT2D eigenvalue weighted by atomic mass is 10.1. The molecule has 3 aromatic rings. The Morgan fingerprint density at radius 1 is 1.04 bits per heavy atom. The summed E-state index contributed by atoms with van der Waals surface area (Å²) in [6.45, 7) is 4.69. The van der Waals surface area contributed by atoms with Crippen LogP contribution in [0.3, 0.4) is 0 Å². The van der Waals surface area contributed by atoms with Crippen molar-refractivity contribution < 1.29 is 4.79 Å². The van der Waals surface area contributed by atoms with Gasteiger partial charge in [0.15, 0.2) is 0 Å². The summed E-state index contributed by atoms with van der Waals surface area (Å²) in [5.74, 6) is -0.0898. The third-order valence-electron chi connectivity index (χ3n) is 3.84. The monoisotopic (exact) mass is 305 g/mol. The number of aromatic nitrogens is 2. The molecule has 0 saturated heterocycles. The minimum atomic E-state index is -0.0898. The summed E-state index contributed by atoms with van der Waals surface area (Å²) in [6.07, 6.45) is 3.67. The van der Waals surface area contributed by atoms with Crippen molar-refractivity contribution in [2.24, 2.45) is 0 Å². The molecule has 116 valence electrons. The van der Waals surface area contributed by atoms with Crippen LogP contribution in [0.1, 0.15) is 27.0 Å². The van der Waals surface area contributed by atoms with E-state index in [4.69, 9.17) is 0 Å². The molecule has 0 fully saturated rings.